The summed E-state index contributed by atoms with van der Waals surface area (Å²) in [6, 6.07) is 13.8. The van der Waals surface area contributed by atoms with Gasteiger partial charge in [0.25, 0.3) is 5.91 Å². The molecule has 6 heteroatoms. The number of hydrogen-bond donors (Lipinski definition) is 1. The van der Waals surface area contributed by atoms with Crippen LogP contribution in [0, 0.1) is 0 Å². The first-order valence-corrected chi connectivity index (χ1v) is 9.02. The van der Waals surface area contributed by atoms with Gasteiger partial charge in [0, 0.05) is 36.0 Å². The quantitative estimate of drug-likeness (QED) is 0.879. The van der Waals surface area contributed by atoms with Crippen LogP contribution >= 0.6 is 0 Å². The van der Waals surface area contributed by atoms with Crippen LogP contribution in [-0.2, 0) is 4.79 Å². The summed E-state index contributed by atoms with van der Waals surface area (Å²) in [5.41, 5.74) is 1.18. The maximum absolute atomic E-state index is 12.9. The Morgan fingerprint density at radius 1 is 1.00 bits per heavy atom. The van der Waals surface area contributed by atoms with E-state index >= 15 is 0 Å². The highest BCUT2D eigenvalue weighted by Gasteiger charge is 2.32. The Hall–Kier alpha value is -3.02. The largest absolute Gasteiger partial charge is 0.497 e. The molecule has 0 aliphatic carbocycles. The minimum atomic E-state index is -0.497. The van der Waals surface area contributed by atoms with Crippen LogP contribution in [0.5, 0.6) is 11.5 Å². The maximum atomic E-state index is 12.9. The van der Waals surface area contributed by atoms with Crippen molar-refractivity contribution in [2.24, 2.45) is 0 Å². The first kappa shape index (κ1) is 18.8. The van der Waals surface area contributed by atoms with Crippen molar-refractivity contribution in [2.75, 3.05) is 26.1 Å². The number of amides is 2. The second-order valence-electron chi connectivity index (χ2n) is 6.47. The van der Waals surface area contributed by atoms with E-state index in [1.165, 1.54) is 0 Å². The highest BCUT2D eigenvalue weighted by molar-refractivity contribution is 6.01. The lowest BCUT2D eigenvalue weighted by molar-refractivity contribution is -0.121. The molecule has 1 atom stereocenters. The number of methoxy groups -OCH3 is 2. The van der Waals surface area contributed by atoms with Gasteiger partial charge in [0.05, 0.1) is 14.2 Å². The van der Waals surface area contributed by atoms with E-state index < -0.39 is 6.04 Å². The second kappa shape index (κ2) is 8.58. The standard InChI is InChI=1S/C21H24N2O4/c1-26-17-12-16(13-18(14-17)27-2)22-20(24)19-10-6-7-11-23(19)21(25)15-8-4-3-5-9-15/h3-5,8-9,12-14,19H,6-7,10-11H2,1-2H3,(H,22,24)/t19-/m1/s1. The van der Waals surface area contributed by atoms with Gasteiger partial charge < -0.3 is 19.7 Å². The molecule has 142 valence electrons. The molecule has 1 N–H and O–H groups in total. The predicted octanol–water partition coefficient (Wildman–Crippen LogP) is 3.34. The number of ether oxygens (including phenoxy) is 2. The fraction of sp³-hybridized carbons (Fsp3) is 0.333. The number of carbonyl (C=O) groups is 2. The van der Waals surface area contributed by atoms with Crippen molar-refractivity contribution >= 4 is 17.5 Å². The van der Waals surface area contributed by atoms with Gasteiger partial charge in [0.2, 0.25) is 5.91 Å². The minimum absolute atomic E-state index is 0.112. The Balaban J connectivity index is 1.79. The van der Waals surface area contributed by atoms with Crippen molar-refractivity contribution in [1.29, 1.82) is 0 Å². The molecule has 0 bridgehead atoms. The van der Waals surface area contributed by atoms with Crippen LogP contribution in [0.1, 0.15) is 29.6 Å². The van der Waals surface area contributed by atoms with Crippen molar-refractivity contribution < 1.29 is 19.1 Å². The van der Waals surface area contributed by atoms with E-state index in [1.54, 1.807) is 49.5 Å². The number of hydrogen-bond acceptors (Lipinski definition) is 4. The molecule has 1 saturated heterocycles. The summed E-state index contributed by atoms with van der Waals surface area (Å²) in [5.74, 6) is 0.865. The number of likely N-dealkylation sites (tertiary alicyclic amines) is 1. The van der Waals surface area contributed by atoms with Gasteiger partial charge in [-0.05, 0) is 31.4 Å². The molecule has 1 heterocycles. The Labute approximate surface area is 159 Å². The van der Waals surface area contributed by atoms with E-state index in [4.69, 9.17) is 9.47 Å². The van der Waals surface area contributed by atoms with Crippen LogP contribution in [0.2, 0.25) is 0 Å². The zero-order chi connectivity index (χ0) is 19.2. The van der Waals surface area contributed by atoms with Gasteiger partial charge in [-0.15, -0.1) is 0 Å². The number of rotatable bonds is 5. The number of anilines is 1. The normalized spacial score (nSPS) is 16.5. The smallest absolute Gasteiger partial charge is 0.254 e. The predicted molar refractivity (Wildman–Crippen MR) is 103 cm³/mol. The molecule has 2 aromatic carbocycles. The third-order valence-corrected chi connectivity index (χ3v) is 4.71. The molecule has 0 radical (unpaired) electrons. The number of carbonyl (C=O) groups excluding carboxylic acids is 2. The lowest BCUT2D eigenvalue weighted by Crippen LogP contribution is -2.50. The number of nitrogens with zero attached hydrogens (tertiary/aromatic N) is 1. The first-order valence-electron chi connectivity index (χ1n) is 9.02. The average molecular weight is 368 g/mol. The molecule has 0 spiro atoms. The highest BCUT2D eigenvalue weighted by Crippen LogP contribution is 2.27. The fourth-order valence-electron chi connectivity index (χ4n) is 3.30. The summed E-state index contributed by atoms with van der Waals surface area (Å²) in [7, 11) is 3.11. The molecule has 0 aromatic heterocycles. The van der Waals surface area contributed by atoms with E-state index in [1.807, 2.05) is 18.2 Å². The van der Waals surface area contributed by atoms with E-state index in [2.05, 4.69) is 5.32 Å². The van der Waals surface area contributed by atoms with Gasteiger partial charge >= 0.3 is 0 Å². The Bertz CT molecular complexity index is 785. The summed E-state index contributed by atoms with van der Waals surface area (Å²) in [6.07, 6.45) is 2.46. The summed E-state index contributed by atoms with van der Waals surface area (Å²) < 4.78 is 10.5. The third kappa shape index (κ3) is 4.39. The Morgan fingerprint density at radius 2 is 1.67 bits per heavy atom. The van der Waals surface area contributed by atoms with Crippen molar-refractivity contribution in [2.45, 2.75) is 25.3 Å². The Kier molecular flexibility index (Phi) is 5.96. The molecule has 3 rings (SSSR count). The number of benzene rings is 2. The van der Waals surface area contributed by atoms with Gasteiger partial charge in [-0.2, -0.15) is 0 Å². The van der Waals surface area contributed by atoms with Gasteiger partial charge in [-0.1, -0.05) is 18.2 Å². The monoisotopic (exact) mass is 368 g/mol. The van der Waals surface area contributed by atoms with Crippen molar-refractivity contribution in [3.8, 4) is 11.5 Å². The Morgan fingerprint density at radius 3 is 2.30 bits per heavy atom. The first-order chi connectivity index (χ1) is 13.1. The topological polar surface area (TPSA) is 67.9 Å². The molecule has 1 aliphatic heterocycles. The van der Waals surface area contributed by atoms with Crippen LogP contribution < -0.4 is 14.8 Å². The number of piperidine rings is 1. The van der Waals surface area contributed by atoms with Crippen LogP contribution in [0.15, 0.2) is 48.5 Å². The molecular formula is C21H24N2O4. The van der Waals surface area contributed by atoms with Crippen LogP contribution in [0.3, 0.4) is 0 Å². The van der Waals surface area contributed by atoms with Crippen LogP contribution in [-0.4, -0.2) is 43.5 Å². The molecule has 2 amide bonds. The minimum Gasteiger partial charge on any atom is -0.497 e. The zero-order valence-electron chi connectivity index (χ0n) is 15.6. The van der Waals surface area contributed by atoms with Gasteiger partial charge in [0.15, 0.2) is 0 Å². The van der Waals surface area contributed by atoms with Crippen LogP contribution in [0.25, 0.3) is 0 Å². The van der Waals surface area contributed by atoms with Crippen LogP contribution in [0.4, 0.5) is 5.69 Å². The van der Waals surface area contributed by atoms with Gasteiger partial charge in [-0.25, -0.2) is 0 Å². The van der Waals surface area contributed by atoms with Gasteiger partial charge in [-0.3, -0.25) is 9.59 Å². The second-order valence-corrected chi connectivity index (χ2v) is 6.47. The van der Waals surface area contributed by atoms with E-state index in [0.717, 1.165) is 12.8 Å². The highest BCUT2D eigenvalue weighted by atomic mass is 16.5. The zero-order valence-corrected chi connectivity index (χ0v) is 15.6. The molecule has 27 heavy (non-hydrogen) atoms. The molecular weight excluding hydrogens is 344 g/mol. The van der Waals surface area contributed by atoms with E-state index in [9.17, 15) is 9.59 Å². The molecule has 6 nitrogen and oxygen atoms in total. The lowest BCUT2D eigenvalue weighted by atomic mass is 10.00. The van der Waals surface area contributed by atoms with E-state index in [0.29, 0.717) is 35.7 Å². The summed E-state index contributed by atoms with van der Waals surface area (Å²) >= 11 is 0. The molecule has 1 fully saturated rings. The van der Waals surface area contributed by atoms with Crippen molar-refractivity contribution in [3.05, 3.63) is 54.1 Å². The summed E-state index contributed by atoms with van der Waals surface area (Å²) in [5, 5.41) is 2.90. The van der Waals surface area contributed by atoms with E-state index in [-0.39, 0.29) is 11.8 Å². The lowest BCUT2D eigenvalue weighted by Gasteiger charge is -2.34. The van der Waals surface area contributed by atoms with Crippen molar-refractivity contribution in [1.82, 2.24) is 4.90 Å². The molecule has 0 unspecified atom stereocenters. The maximum Gasteiger partial charge on any atom is 0.254 e. The molecule has 0 saturated carbocycles. The average Bonchev–Trinajstić information content (AvgIpc) is 2.73. The SMILES string of the molecule is COc1cc(NC(=O)[C@H]2CCCCN2C(=O)c2ccccc2)cc(OC)c1. The summed E-state index contributed by atoms with van der Waals surface area (Å²) in [6.45, 7) is 0.577. The third-order valence-electron chi connectivity index (χ3n) is 4.71. The van der Waals surface area contributed by atoms with Gasteiger partial charge in [0.1, 0.15) is 17.5 Å². The number of nitrogens with one attached hydrogen (secondary N) is 1. The summed E-state index contributed by atoms with van der Waals surface area (Å²) in [4.78, 5) is 27.5. The molecule has 1 aliphatic rings. The fourth-order valence-corrected chi connectivity index (χ4v) is 3.30. The molecule has 2 aromatic rings. The van der Waals surface area contributed by atoms with Crippen molar-refractivity contribution in [3.63, 3.8) is 0 Å².